The van der Waals surface area contributed by atoms with Gasteiger partial charge in [-0.15, -0.1) is 0 Å². The Morgan fingerprint density at radius 1 is 1.20 bits per heavy atom. The number of rotatable bonds is 9. The van der Waals surface area contributed by atoms with Crippen LogP contribution in [0.2, 0.25) is 0 Å². The molecule has 6 heteroatoms. The van der Waals surface area contributed by atoms with Crippen molar-refractivity contribution in [2.45, 2.75) is 59.1 Å². The number of aliphatic hydroxyl groups excluding tert-OH is 1. The second-order valence-corrected chi connectivity index (χ2v) is 5.60. The number of aliphatic hydroxyl groups is 2. The fraction of sp³-hybridized carbons (Fsp3) is 0.857. The molecule has 0 aliphatic heterocycles. The number of carbonyl (C=O) groups excluding carboxylic acids is 2. The van der Waals surface area contributed by atoms with Crippen LogP contribution in [-0.2, 0) is 9.59 Å². The van der Waals surface area contributed by atoms with E-state index in [4.69, 9.17) is 5.11 Å². The minimum absolute atomic E-state index is 0.0882. The van der Waals surface area contributed by atoms with Gasteiger partial charge in [0.1, 0.15) is 0 Å². The van der Waals surface area contributed by atoms with Gasteiger partial charge in [-0.25, -0.2) is 0 Å². The normalized spacial score (nSPS) is 14.5. The lowest BCUT2D eigenvalue weighted by atomic mass is 9.77. The zero-order valence-electron chi connectivity index (χ0n) is 13.0. The molecule has 1 unspecified atom stereocenters. The molecule has 0 fully saturated rings. The smallest absolute Gasteiger partial charge is 0.230 e. The molecular weight excluding hydrogens is 260 g/mol. The van der Waals surface area contributed by atoms with Crippen LogP contribution in [0.1, 0.15) is 53.4 Å². The molecule has 0 aromatic carbocycles. The van der Waals surface area contributed by atoms with E-state index in [1.807, 2.05) is 6.92 Å². The molecule has 0 heterocycles. The molecule has 0 radical (unpaired) electrons. The Bertz CT molecular complexity index is 331. The van der Waals surface area contributed by atoms with Crippen LogP contribution in [0.4, 0.5) is 0 Å². The lowest BCUT2D eigenvalue weighted by Crippen LogP contribution is -2.62. The molecule has 0 aliphatic carbocycles. The van der Waals surface area contributed by atoms with Crippen molar-refractivity contribution in [2.24, 2.45) is 5.41 Å². The molecule has 0 saturated heterocycles. The molecule has 1 atom stereocenters. The maximum Gasteiger partial charge on any atom is 0.230 e. The van der Waals surface area contributed by atoms with Gasteiger partial charge >= 0.3 is 0 Å². The van der Waals surface area contributed by atoms with E-state index >= 15 is 0 Å². The van der Waals surface area contributed by atoms with E-state index in [1.165, 1.54) is 6.92 Å². The summed E-state index contributed by atoms with van der Waals surface area (Å²) in [5, 5.41) is 24.6. The fourth-order valence-electron chi connectivity index (χ4n) is 2.03. The monoisotopic (exact) mass is 288 g/mol. The van der Waals surface area contributed by atoms with Crippen molar-refractivity contribution in [3.05, 3.63) is 0 Å². The highest BCUT2D eigenvalue weighted by Crippen LogP contribution is 2.33. The van der Waals surface area contributed by atoms with Gasteiger partial charge in [-0.1, -0.05) is 13.3 Å². The molecule has 0 aromatic heterocycles. The summed E-state index contributed by atoms with van der Waals surface area (Å²) in [7, 11) is 0. The van der Waals surface area contributed by atoms with E-state index in [-0.39, 0.29) is 18.4 Å². The summed E-state index contributed by atoms with van der Waals surface area (Å²) in [4.78, 5) is 23.5. The van der Waals surface area contributed by atoms with Crippen molar-refractivity contribution >= 4 is 11.8 Å². The molecule has 0 saturated carbocycles. The molecule has 0 rings (SSSR count). The van der Waals surface area contributed by atoms with Gasteiger partial charge in [-0.05, 0) is 33.1 Å². The van der Waals surface area contributed by atoms with Gasteiger partial charge in [-0.2, -0.15) is 0 Å². The van der Waals surface area contributed by atoms with Crippen LogP contribution in [0.25, 0.3) is 0 Å². The van der Waals surface area contributed by atoms with Gasteiger partial charge in [0.05, 0.1) is 5.41 Å². The number of unbranched alkanes of at least 4 members (excludes halogenated alkanes) is 1. The van der Waals surface area contributed by atoms with Gasteiger partial charge < -0.3 is 20.8 Å². The van der Waals surface area contributed by atoms with E-state index < -0.39 is 11.1 Å². The Morgan fingerprint density at radius 2 is 1.80 bits per heavy atom. The van der Waals surface area contributed by atoms with Crippen LogP contribution < -0.4 is 10.6 Å². The summed E-state index contributed by atoms with van der Waals surface area (Å²) in [6.07, 6.45) is 2.22. The molecule has 4 N–H and O–H groups in total. The summed E-state index contributed by atoms with van der Waals surface area (Å²) in [6, 6.07) is 0. The number of amides is 2. The average molecular weight is 288 g/mol. The Labute approximate surface area is 120 Å². The van der Waals surface area contributed by atoms with Gasteiger partial charge in [0, 0.05) is 20.1 Å². The van der Waals surface area contributed by atoms with Gasteiger partial charge in [-0.3, -0.25) is 9.59 Å². The average Bonchev–Trinajstić information content (AvgIpc) is 2.33. The Balaban J connectivity index is 4.83. The topological polar surface area (TPSA) is 98.7 Å². The lowest BCUT2D eigenvalue weighted by Gasteiger charge is -2.41. The quantitative estimate of drug-likeness (QED) is 0.367. The number of carbonyl (C=O) groups is 2. The molecule has 0 bridgehead atoms. The van der Waals surface area contributed by atoms with Gasteiger partial charge in [0.2, 0.25) is 11.8 Å². The van der Waals surface area contributed by atoms with Gasteiger partial charge in [0.25, 0.3) is 0 Å². The van der Waals surface area contributed by atoms with E-state index in [2.05, 4.69) is 10.6 Å². The van der Waals surface area contributed by atoms with Crippen LogP contribution in [0.15, 0.2) is 0 Å². The zero-order chi connectivity index (χ0) is 15.8. The van der Waals surface area contributed by atoms with Crippen LogP contribution in [0.3, 0.4) is 0 Å². The second kappa shape index (κ2) is 8.21. The summed E-state index contributed by atoms with van der Waals surface area (Å²) in [6.45, 7) is 6.94. The maximum atomic E-state index is 12.2. The Hall–Kier alpha value is -1.14. The molecule has 0 aliphatic rings. The largest absolute Gasteiger partial charge is 0.396 e. The van der Waals surface area contributed by atoms with E-state index in [0.717, 1.165) is 0 Å². The van der Waals surface area contributed by atoms with Crippen LogP contribution >= 0.6 is 0 Å². The zero-order valence-corrected chi connectivity index (χ0v) is 13.0. The van der Waals surface area contributed by atoms with Crippen LogP contribution in [0.5, 0.6) is 0 Å². The van der Waals surface area contributed by atoms with Crippen molar-refractivity contribution in [1.82, 2.24) is 10.6 Å². The summed E-state index contributed by atoms with van der Waals surface area (Å²) in [5.74, 6) is -0.692. The van der Waals surface area contributed by atoms with Crippen molar-refractivity contribution in [3.8, 4) is 0 Å². The molecule has 0 aromatic rings. The third-order valence-electron chi connectivity index (χ3n) is 3.47. The number of hydrogen-bond donors (Lipinski definition) is 4. The van der Waals surface area contributed by atoms with Crippen molar-refractivity contribution in [2.75, 3.05) is 13.2 Å². The van der Waals surface area contributed by atoms with E-state index in [1.54, 1.807) is 13.8 Å². The maximum absolute atomic E-state index is 12.2. The molecule has 0 spiro atoms. The number of hydrogen-bond acceptors (Lipinski definition) is 4. The first-order valence-corrected chi connectivity index (χ1v) is 7.11. The Kier molecular flexibility index (Phi) is 7.75. The Morgan fingerprint density at radius 3 is 2.25 bits per heavy atom. The first-order chi connectivity index (χ1) is 9.21. The van der Waals surface area contributed by atoms with Crippen LogP contribution in [-0.4, -0.2) is 40.9 Å². The molecular formula is C14H28N2O4. The van der Waals surface area contributed by atoms with Crippen molar-refractivity contribution in [1.29, 1.82) is 0 Å². The highest BCUT2D eigenvalue weighted by Gasteiger charge is 2.48. The summed E-state index contributed by atoms with van der Waals surface area (Å²) >= 11 is 0. The highest BCUT2D eigenvalue weighted by molar-refractivity contribution is 5.84. The van der Waals surface area contributed by atoms with Crippen molar-refractivity contribution in [3.63, 3.8) is 0 Å². The summed E-state index contributed by atoms with van der Waals surface area (Å²) in [5.41, 5.74) is -2.72. The standard InChI is InChI=1S/C14H28N2O4/c1-5-8-14(20,16-11(2)18)13(3,4)12(19)15-9-6-7-10-17/h17,20H,5-10H2,1-4H3,(H,15,19)(H,16,18). The van der Waals surface area contributed by atoms with Gasteiger partial charge in [0.15, 0.2) is 5.72 Å². The molecule has 118 valence electrons. The van der Waals surface area contributed by atoms with Crippen LogP contribution in [0, 0.1) is 5.41 Å². The molecule has 6 nitrogen and oxygen atoms in total. The fourth-order valence-corrected chi connectivity index (χ4v) is 2.03. The second-order valence-electron chi connectivity index (χ2n) is 5.60. The molecule has 20 heavy (non-hydrogen) atoms. The summed E-state index contributed by atoms with van der Waals surface area (Å²) < 4.78 is 0. The van der Waals surface area contributed by atoms with E-state index in [0.29, 0.717) is 32.2 Å². The SMILES string of the molecule is CCCC(O)(NC(C)=O)C(C)(C)C(=O)NCCCCO. The minimum atomic E-state index is -1.57. The number of nitrogens with one attached hydrogen (secondary N) is 2. The van der Waals surface area contributed by atoms with E-state index in [9.17, 15) is 14.7 Å². The minimum Gasteiger partial charge on any atom is -0.396 e. The lowest BCUT2D eigenvalue weighted by molar-refractivity contribution is -0.158. The highest BCUT2D eigenvalue weighted by atomic mass is 16.3. The predicted molar refractivity (Wildman–Crippen MR) is 76.8 cm³/mol. The first kappa shape index (κ1) is 18.9. The third-order valence-corrected chi connectivity index (χ3v) is 3.47. The first-order valence-electron chi connectivity index (χ1n) is 7.11. The molecule has 2 amide bonds. The predicted octanol–water partition coefficient (Wildman–Crippen LogP) is 0.526. The third kappa shape index (κ3) is 5.09. The van der Waals surface area contributed by atoms with Crippen molar-refractivity contribution < 1.29 is 19.8 Å².